The van der Waals surface area contributed by atoms with Crippen LogP contribution in [-0.2, 0) is 31.9 Å². The fraction of sp³-hybridized carbons (Fsp3) is 0.300. The summed E-state index contributed by atoms with van der Waals surface area (Å²) in [5, 5.41) is 11.5. The topological polar surface area (TPSA) is 122 Å². The monoisotopic (exact) mass is 524 g/mol. The first-order chi connectivity index (χ1) is 15.0. The molecule has 174 valence electrons. The highest BCUT2D eigenvalue weighted by atomic mass is 35.5. The van der Waals surface area contributed by atoms with Crippen LogP contribution in [-0.4, -0.2) is 30.1 Å². The van der Waals surface area contributed by atoms with Crippen LogP contribution in [0.25, 0.3) is 0 Å². The number of benzene rings is 2. The van der Waals surface area contributed by atoms with E-state index in [1.54, 1.807) is 19.9 Å². The van der Waals surface area contributed by atoms with Gasteiger partial charge in [-0.25, -0.2) is 0 Å². The summed E-state index contributed by atoms with van der Waals surface area (Å²) in [7, 11) is 0. The highest BCUT2D eigenvalue weighted by Gasteiger charge is 2.17. The lowest BCUT2D eigenvalue weighted by molar-refractivity contribution is -0.384. The van der Waals surface area contributed by atoms with Gasteiger partial charge >= 0.3 is 11.9 Å². The number of nitro benzene ring substituents is 1. The van der Waals surface area contributed by atoms with Crippen molar-refractivity contribution in [1.82, 2.24) is 0 Å². The summed E-state index contributed by atoms with van der Waals surface area (Å²) in [5.41, 5.74) is 6.68. The van der Waals surface area contributed by atoms with Gasteiger partial charge in [0.1, 0.15) is 5.02 Å². The molecule has 12 heteroatoms. The zero-order chi connectivity index (χ0) is 24.4. The standard InChI is InChI=1S/C10H9Cl2NO4.C10H11Cl2NO2/c1-2-17-10(14)4-6-3-8(12)9(13(15)16)5-7(6)11;1-2-15-10(14)4-6-3-8(12)9(13)5-7(6)11/h3,5H,2,4H2,1H3;3,5H,2,4,13H2,1H3. The zero-order valence-corrected chi connectivity index (χ0v) is 20.1. The number of nitrogens with zero attached hydrogens (tertiary/aromatic N) is 1. The van der Waals surface area contributed by atoms with Crippen LogP contribution in [0.4, 0.5) is 11.4 Å². The van der Waals surface area contributed by atoms with Crippen molar-refractivity contribution in [3.05, 3.63) is 65.6 Å². The highest BCUT2D eigenvalue weighted by molar-refractivity contribution is 6.36. The fourth-order valence-electron chi connectivity index (χ4n) is 2.33. The van der Waals surface area contributed by atoms with Crippen molar-refractivity contribution in [3.63, 3.8) is 0 Å². The molecule has 0 bridgehead atoms. The van der Waals surface area contributed by atoms with Gasteiger partial charge in [-0.2, -0.15) is 0 Å². The van der Waals surface area contributed by atoms with E-state index in [9.17, 15) is 19.7 Å². The van der Waals surface area contributed by atoms with Crippen LogP contribution >= 0.6 is 46.4 Å². The van der Waals surface area contributed by atoms with Gasteiger partial charge in [0.15, 0.2) is 0 Å². The number of rotatable bonds is 7. The van der Waals surface area contributed by atoms with Crippen LogP contribution in [0.2, 0.25) is 20.1 Å². The number of ether oxygens (including phenoxy) is 2. The first-order valence-corrected chi connectivity index (χ1v) is 10.7. The largest absolute Gasteiger partial charge is 0.466 e. The maximum Gasteiger partial charge on any atom is 0.310 e. The second-order valence-electron chi connectivity index (χ2n) is 6.08. The Labute approximate surface area is 204 Å². The van der Waals surface area contributed by atoms with Crippen LogP contribution in [0, 0.1) is 10.1 Å². The van der Waals surface area contributed by atoms with E-state index >= 15 is 0 Å². The molecule has 0 saturated heterocycles. The smallest absolute Gasteiger partial charge is 0.310 e. The molecule has 0 atom stereocenters. The Morgan fingerprint density at radius 1 is 0.844 bits per heavy atom. The molecule has 0 spiro atoms. The van der Waals surface area contributed by atoms with Gasteiger partial charge in [-0.15, -0.1) is 0 Å². The molecular formula is C20H20Cl4N2O6. The van der Waals surface area contributed by atoms with Gasteiger partial charge in [-0.05, 0) is 43.2 Å². The van der Waals surface area contributed by atoms with Gasteiger partial charge in [0.05, 0.1) is 46.7 Å². The second-order valence-corrected chi connectivity index (χ2v) is 7.71. The number of carbonyl (C=O) groups excluding carboxylic acids is 2. The van der Waals surface area contributed by atoms with Gasteiger partial charge in [0, 0.05) is 11.1 Å². The summed E-state index contributed by atoms with van der Waals surface area (Å²) in [6.07, 6.45) is 0.0388. The Kier molecular flexibility index (Phi) is 11.6. The van der Waals surface area contributed by atoms with Crippen molar-refractivity contribution >= 4 is 69.7 Å². The molecule has 32 heavy (non-hydrogen) atoms. The summed E-state index contributed by atoms with van der Waals surface area (Å²) in [6, 6.07) is 5.53. The molecule has 0 amide bonds. The van der Waals surface area contributed by atoms with E-state index in [1.807, 2.05) is 0 Å². The highest BCUT2D eigenvalue weighted by Crippen LogP contribution is 2.31. The summed E-state index contributed by atoms with van der Waals surface area (Å²) in [6.45, 7) is 4.04. The van der Waals surface area contributed by atoms with Crippen LogP contribution in [0.3, 0.4) is 0 Å². The Balaban J connectivity index is 0.000000323. The molecule has 0 saturated carbocycles. The minimum absolute atomic E-state index is 0.0568. The molecule has 0 aromatic heterocycles. The minimum Gasteiger partial charge on any atom is -0.466 e. The molecule has 8 nitrogen and oxygen atoms in total. The van der Waals surface area contributed by atoms with Crippen molar-refractivity contribution in [2.24, 2.45) is 0 Å². The van der Waals surface area contributed by atoms with Crippen LogP contribution in [0.1, 0.15) is 25.0 Å². The molecule has 2 rings (SSSR count). The van der Waals surface area contributed by atoms with Crippen LogP contribution in [0.5, 0.6) is 0 Å². The number of carbonyl (C=O) groups is 2. The van der Waals surface area contributed by atoms with Crippen LogP contribution in [0.15, 0.2) is 24.3 Å². The summed E-state index contributed by atoms with van der Waals surface area (Å²) in [4.78, 5) is 32.4. The SMILES string of the molecule is CCOC(=O)Cc1cc(Cl)c(N)cc1Cl.CCOC(=O)Cc1cc(Cl)c([N+](=O)[O-])cc1Cl. The second kappa shape index (κ2) is 13.3. The average Bonchev–Trinajstić information content (AvgIpc) is 2.69. The molecule has 0 radical (unpaired) electrons. The number of halogens is 4. The molecule has 0 aliphatic heterocycles. The number of hydrogen-bond acceptors (Lipinski definition) is 7. The predicted molar refractivity (Wildman–Crippen MR) is 125 cm³/mol. The van der Waals surface area contributed by atoms with Gasteiger partial charge in [0.25, 0.3) is 5.69 Å². The normalized spacial score (nSPS) is 10.1. The third kappa shape index (κ3) is 8.70. The number of hydrogen-bond donors (Lipinski definition) is 1. The fourth-order valence-corrected chi connectivity index (χ4v) is 3.23. The summed E-state index contributed by atoms with van der Waals surface area (Å²) >= 11 is 23.2. The van der Waals surface area contributed by atoms with E-state index in [2.05, 4.69) is 0 Å². The molecule has 0 fully saturated rings. The zero-order valence-electron chi connectivity index (χ0n) is 17.1. The predicted octanol–water partition coefficient (Wildman–Crippen LogP) is 5.69. The maximum atomic E-state index is 11.2. The van der Waals surface area contributed by atoms with Crippen molar-refractivity contribution in [3.8, 4) is 0 Å². The molecule has 0 aliphatic carbocycles. The van der Waals surface area contributed by atoms with Crippen LogP contribution < -0.4 is 5.73 Å². The van der Waals surface area contributed by atoms with Gasteiger partial charge in [0.2, 0.25) is 0 Å². The number of nitrogens with two attached hydrogens (primary N) is 1. The first-order valence-electron chi connectivity index (χ1n) is 9.17. The molecule has 2 aromatic carbocycles. The average molecular weight is 526 g/mol. The third-order valence-electron chi connectivity index (χ3n) is 3.76. The van der Waals surface area contributed by atoms with Crippen molar-refractivity contribution in [2.45, 2.75) is 26.7 Å². The van der Waals surface area contributed by atoms with E-state index in [1.165, 1.54) is 12.1 Å². The Hall–Kier alpha value is -2.26. The van der Waals surface area contributed by atoms with Gasteiger partial charge in [-0.1, -0.05) is 46.4 Å². The lowest BCUT2D eigenvalue weighted by Crippen LogP contribution is -2.08. The molecule has 2 N–H and O–H groups in total. The lowest BCUT2D eigenvalue weighted by Gasteiger charge is -2.06. The Bertz CT molecular complexity index is 1000. The Morgan fingerprint density at radius 3 is 1.72 bits per heavy atom. The maximum absolute atomic E-state index is 11.2. The number of nitro groups is 1. The molecular weight excluding hydrogens is 506 g/mol. The van der Waals surface area contributed by atoms with E-state index in [0.717, 1.165) is 6.07 Å². The summed E-state index contributed by atoms with van der Waals surface area (Å²) in [5.74, 6) is -0.792. The third-order valence-corrected chi connectivity index (χ3v) is 5.09. The molecule has 0 unspecified atom stereocenters. The van der Waals surface area contributed by atoms with Crippen molar-refractivity contribution in [2.75, 3.05) is 18.9 Å². The number of esters is 2. The number of anilines is 1. The van der Waals surface area contributed by atoms with E-state index in [-0.39, 0.29) is 41.2 Å². The molecule has 2 aromatic rings. The first kappa shape index (κ1) is 27.8. The quantitative estimate of drug-likeness (QED) is 0.213. The minimum atomic E-state index is -0.637. The van der Waals surface area contributed by atoms with Crippen molar-refractivity contribution in [1.29, 1.82) is 0 Å². The number of nitrogen functional groups attached to an aromatic ring is 1. The Morgan fingerprint density at radius 2 is 1.28 bits per heavy atom. The van der Waals surface area contributed by atoms with Crippen molar-refractivity contribution < 1.29 is 24.0 Å². The lowest BCUT2D eigenvalue weighted by atomic mass is 10.1. The van der Waals surface area contributed by atoms with Gasteiger partial charge in [-0.3, -0.25) is 19.7 Å². The van der Waals surface area contributed by atoms with E-state index in [4.69, 9.17) is 61.6 Å². The summed E-state index contributed by atoms with van der Waals surface area (Å²) < 4.78 is 9.54. The van der Waals surface area contributed by atoms with Gasteiger partial charge < -0.3 is 15.2 Å². The molecule has 0 aliphatic rings. The van der Waals surface area contributed by atoms with E-state index in [0.29, 0.717) is 33.5 Å². The van der Waals surface area contributed by atoms with E-state index < -0.39 is 10.9 Å². The molecule has 0 heterocycles.